The van der Waals surface area contributed by atoms with Crippen LogP contribution in [0.15, 0.2) is 29.2 Å². The molecule has 5 nitrogen and oxygen atoms in total. The first-order valence-corrected chi connectivity index (χ1v) is 8.14. The highest BCUT2D eigenvalue weighted by molar-refractivity contribution is 7.89. The maximum Gasteiger partial charge on any atom is 0.573 e. The monoisotopic (exact) mass is 339 g/mol. The maximum absolute atomic E-state index is 12.6. The Morgan fingerprint density at radius 2 is 2.05 bits per heavy atom. The second-order valence-corrected chi connectivity index (χ2v) is 6.66. The molecule has 0 aromatic heterocycles. The minimum absolute atomic E-state index is 0.0964. The van der Waals surface area contributed by atoms with Crippen LogP contribution in [0.3, 0.4) is 0 Å². The molecule has 0 bridgehead atoms. The first-order chi connectivity index (χ1) is 10.2. The molecular weight excluding hydrogens is 323 g/mol. The number of rotatable bonds is 4. The fourth-order valence-electron chi connectivity index (χ4n) is 2.17. The Kier molecular flexibility index (Phi) is 4.98. The van der Waals surface area contributed by atoms with Gasteiger partial charge in [-0.05, 0) is 18.6 Å². The summed E-state index contributed by atoms with van der Waals surface area (Å²) in [7, 11) is -4.08. The van der Waals surface area contributed by atoms with Crippen molar-refractivity contribution in [3.8, 4) is 5.75 Å². The molecule has 2 rings (SSSR count). The van der Waals surface area contributed by atoms with E-state index in [0.717, 1.165) is 16.4 Å². The van der Waals surface area contributed by atoms with Crippen LogP contribution in [0, 0.1) is 0 Å². The molecule has 0 unspecified atom stereocenters. The van der Waals surface area contributed by atoms with Crippen molar-refractivity contribution in [1.82, 2.24) is 4.31 Å². The highest BCUT2D eigenvalue weighted by Crippen LogP contribution is 2.31. The highest BCUT2D eigenvalue weighted by atomic mass is 32.2. The van der Waals surface area contributed by atoms with Gasteiger partial charge in [-0.2, -0.15) is 4.31 Å². The standard InChI is InChI=1S/C13H16F3NO4S/c1-2-10-9-17(7-8-20-10)22(18,19)12-6-4-3-5-11(12)21-13(14,15)16/h3-6,10H,2,7-9H2,1H3/t10-/m1/s1. The molecule has 0 spiro atoms. The molecule has 124 valence electrons. The number of ether oxygens (including phenoxy) is 2. The molecule has 0 amide bonds. The Bertz CT molecular complexity index is 618. The number of benzene rings is 1. The lowest BCUT2D eigenvalue weighted by molar-refractivity contribution is -0.275. The molecule has 1 saturated heterocycles. The van der Waals surface area contributed by atoms with Crippen molar-refractivity contribution in [2.24, 2.45) is 0 Å². The average Bonchev–Trinajstić information content (AvgIpc) is 2.46. The van der Waals surface area contributed by atoms with Gasteiger partial charge in [-0.1, -0.05) is 19.1 Å². The molecule has 22 heavy (non-hydrogen) atoms. The number of hydrogen-bond acceptors (Lipinski definition) is 4. The highest BCUT2D eigenvalue weighted by Gasteiger charge is 2.36. The third kappa shape index (κ3) is 3.90. The van der Waals surface area contributed by atoms with Crippen LogP contribution in [0.2, 0.25) is 0 Å². The molecule has 1 aromatic rings. The quantitative estimate of drug-likeness (QED) is 0.845. The number of alkyl halides is 3. The van der Waals surface area contributed by atoms with Crippen LogP contribution in [-0.2, 0) is 14.8 Å². The fraction of sp³-hybridized carbons (Fsp3) is 0.538. The van der Waals surface area contributed by atoms with Crippen molar-refractivity contribution in [3.05, 3.63) is 24.3 Å². The molecule has 9 heteroatoms. The first kappa shape index (κ1) is 17.0. The molecule has 1 fully saturated rings. The van der Waals surface area contributed by atoms with Gasteiger partial charge in [0.15, 0.2) is 0 Å². The summed E-state index contributed by atoms with van der Waals surface area (Å²) in [4.78, 5) is -0.496. The van der Waals surface area contributed by atoms with Crippen LogP contribution in [0.25, 0.3) is 0 Å². The lowest BCUT2D eigenvalue weighted by Crippen LogP contribution is -2.45. The number of morpholine rings is 1. The van der Waals surface area contributed by atoms with E-state index in [0.29, 0.717) is 6.42 Å². The topological polar surface area (TPSA) is 55.8 Å². The summed E-state index contributed by atoms with van der Waals surface area (Å²) in [6, 6.07) is 4.73. The second-order valence-electron chi connectivity index (χ2n) is 4.76. The van der Waals surface area contributed by atoms with Gasteiger partial charge in [0.25, 0.3) is 0 Å². The van der Waals surface area contributed by atoms with Crippen molar-refractivity contribution in [2.45, 2.75) is 30.7 Å². The Hall–Kier alpha value is -1.32. The normalized spacial score (nSPS) is 20.8. The molecule has 0 radical (unpaired) electrons. The Labute approximate surface area is 126 Å². The minimum atomic E-state index is -4.96. The first-order valence-electron chi connectivity index (χ1n) is 6.70. The molecule has 0 N–H and O–H groups in total. The van der Waals surface area contributed by atoms with Gasteiger partial charge in [0.2, 0.25) is 10.0 Å². The number of nitrogens with zero attached hydrogens (tertiary/aromatic N) is 1. The third-order valence-electron chi connectivity index (χ3n) is 3.25. The maximum atomic E-state index is 12.6. The van der Waals surface area contributed by atoms with Gasteiger partial charge in [0.05, 0.1) is 12.7 Å². The Morgan fingerprint density at radius 3 is 2.68 bits per heavy atom. The van der Waals surface area contributed by atoms with Crippen LogP contribution >= 0.6 is 0 Å². The largest absolute Gasteiger partial charge is 0.573 e. The number of hydrogen-bond donors (Lipinski definition) is 0. The van der Waals surface area contributed by atoms with Crippen LogP contribution < -0.4 is 4.74 Å². The van der Waals surface area contributed by atoms with Gasteiger partial charge in [-0.3, -0.25) is 0 Å². The lowest BCUT2D eigenvalue weighted by atomic mass is 10.2. The Morgan fingerprint density at radius 1 is 1.36 bits per heavy atom. The van der Waals surface area contributed by atoms with Gasteiger partial charge >= 0.3 is 6.36 Å². The van der Waals surface area contributed by atoms with E-state index in [1.807, 2.05) is 6.92 Å². The van der Waals surface area contributed by atoms with Gasteiger partial charge in [-0.25, -0.2) is 8.42 Å². The number of halogens is 3. The summed E-state index contributed by atoms with van der Waals surface area (Å²) in [6.07, 6.45) is -4.60. The summed E-state index contributed by atoms with van der Waals surface area (Å²) >= 11 is 0. The number of sulfonamides is 1. The van der Waals surface area contributed by atoms with Crippen LogP contribution in [-0.4, -0.2) is 44.9 Å². The van der Waals surface area contributed by atoms with Crippen LogP contribution in [0.4, 0.5) is 13.2 Å². The van der Waals surface area contributed by atoms with E-state index < -0.39 is 27.0 Å². The smallest absolute Gasteiger partial charge is 0.404 e. The summed E-state index contributed by atoms with van der Waals surface area (Å²) in [5, 5.41) is 0. The van der Waals surface area contributed by atoms with Crippen molar-refractivity contribution in [2.75, 3.05) is 19.7 Å². The average molecular weight is 339 g/mol. The third-order valence-corrected chi connectivity index (χ3v) is 5.15. The van der Waals surface area contributed by atoms with Gasteiger partial charge in [0.1, 0.15) is 10.6 Å². The molecule has 0 saturated carbocycles. The second kappa shape index (κ2) is 6.43. The summed E-state index contributed by atoms with van der Waals surface area (Å²) in [5.41, 5.74) is 0. The zero-order chi connectivity index (χ0) is 16.4. The van der Waals surface area contributed by atoms with Crippen LogP contribution in [0.1, 0.15) is 13.3 Å². The molecule has 1 aliphatic rings. The van der Waals surface area contributed by atoms with E-state index in [2.05, 4.69) is 4.74 Å². The predicted molar refractivity (Wildman–Crippen MR) is 71.9 cm³/mol. The molecular formula is C13H16F3NO4S. The van der Waals surface area contributed by atoms with Crippen molar-refractivity contribution in [3.63, 3.8) is 0 Å². The summed E-state index contributed by atoms with van der Waals surface area (Å²) in [6.45, 7) is 2.26. The minimum Gasteiger partial charge on any atom is -0.404 e. The van der Waals surface area contributed by atoms with E-state index >= 15 is 0 Å². The number of para-hydroxylation sites is 1. The van der Waals surface area contributed by atoms with E-state index in [1.165, 1.54) is 12.1 Å². The summed E-state index contributed by atoms with van der Waals surface area (Å²) in [5.74, 6) is -0.727. The predicted octanol–water partition coefficient (Wildman–Crippen LogP) is 2.38. The van der Waals surface area contributed by atoms with E-state index in [4.69, 9.17) is 4.74 Å². The SMILES string of the molecule is CC[C@@H]1CN(S(=O)(=O)c2ccccc2OC(F)(F)F)CCO1. The van der Waals surface area contributed by atoms with E-state index in [-0.39, 0.29) is 25.8 Å². The molecule has 1 aliphatic heterocycles. The molecule has 0 aliphatic carbocycles. The molecule has 1 atom stereocenters. The Balaban J connectivity index is 2.33. The zero-order valence-corrected chi connectivity index (χ0v) is 12.7. The zero-order valence-electron chi connectivity index (χ0n) is 11.8. The fourth-order valence-corrected chi connectivity index (χ4v) is 3.74. The van der Waals surface area contributed by atoms with Gasteiger partial charge in [0, 0.05) is 13.1 Å². The van der Waals surface area contributed by atoms with Gasteiger partial charge < -0.3 is 9.47 Å². The van der Waals surface area contributed by atoms with E-state index in [1.54, 1.807) is 0 Å². The van der Waals surface area contributed by atoms with Crippen molar-refractivity contribution < 1.29 is 31.1 Å². The molecule has 1 heterocycles. The summed E-state index contributed by atoms with van der Waals surface area (Å²) < 4.78 is 72.7. The van der Waals surface area contributed by atoms with Crippen molar-refractivity contribution >= 4 is 10.0 Å². The van der Waals surface area contributed by atoms with Gasteiger partial charge in [-0.15, -0.1) is 13.2 Å². The molecule has 1 aromatic carbocycles. The van der Waals surface area contributed by atoms with E-state index in [9.17, 15) is 21.6 Å². The lowest BCUT2D eigenvalue weighted by Gasteiger charge is -2.32. The van der Waals surface area contributed by atoms with Crippen LogP contribution in [0.5, 0.6) is 5.75 Å². The van der Waals surface area contributed by atoms with Crippen molar-refractivity contribution in [1.29, 1.82) is 0 Å².